The molecule has 2 aliphatic rings. The molecule has 2 heterocycles. The summed E-state index contributed by atoms with van der Waals surface area (Å²) in [5.41, 5.74) is 4.20. The average molecular weight is 443 g/mol. The highest BCUT2D eigenvalue weighted by Gasteiger charge is 2.24. The van der Waals surface area contributed by atoms with E-state index in [4.69, 9.17) is 16.6 Å². The molecule has 1 aliphatic heterocycles. The largest absolute Gasteiger partial charge is 0.411 e. The standard InChI is InChI=1S/C24H28ClFN4O/c1-30(18-5-3-2-4-6-18)12-10-17-15-20-19(9-11-27-24(20)28-17)23(29-31)14-16-7-8-22(26)21(25)13-16/h7-9,11,13,18,31H,2-6,10,12,14-15H2,1H3/b29-23+. The number of hydrogen-bond donors (Lipinski definition) is 1. The van der Waals surface area contributed by atoms with E-state index in [-0.39, 0.29) is 5.02 Å². The molecule has 1 aromatic heterocycles. The van der Waals surface area contributed by atoms with Gasteiger partial charge in [0.1, 0.15) is 5.82 Å². The van der Waals surface area contributed by atoms with Gasteiger partial charge >= 0.3 is 0 Å². The van der Waals surface area contributed by atoms with Crippen LogP contribution in [-0.2, 0) is 12.8 Å². The fraction of sp³-hybridized carbons (Fsp3) is 0.458. The van der Waals surface area contributed by atoms with Crippen LogP contribution in [0.15, 0.2) is 40.6 Å². The van der Waals surface area contributed by atoms with Gasteiger partial charge in [-0.1, -0.05) is 42.1 Å². The normalized spacial score (nSPS) is 17.2. The van der Waals surface area contributed by atoms with E-state index in [2.05, 4.69) is 22.1 Å². The Labute approximate surface area is 187 Å². The summed E-state index contributed by atoms with van der Waals surface area (Å²) in [6, 6.07) is 7.07. The molecule has 5 nitrogen and oxygen atoms in total. The molecular weight excluding hydrogens is 415 g/mol. The summed E-state index contributed by atoms with van der Waals surface area (Å²) in [5.74, 6) is 0.236. The van der Waals surface area contributed by atoms with Crippen molar-refractivity contribution in [1.82, 2.24) is 9.88 Å². The predicted molar refractivity (Wildman–Crippen MR) is 123 cm³/mol. The van der Waals surface area contributed by atoms with Crippen molar-refractivity contribution >= 4 is 28.8 Å². The van der Waals surface area contributed by atoms with E-state index < -0.39 is 5.82 Å². The zero-order valence-electron chi connectivity index (χ0n) is 17.8. The number of oxime groups is 1. The van der Waals surface area contributed by atoms with Crippen molar-refractivity contribution in [2.45, 2.75) is 57.4 Å². The van der Waals surface area contributed by atoms with Crippen molar-refractivity contribution in [3.63, 3.8) is 0 Å². The number of halogens is 2. The summed E-state index contributed by atoms with van der Waals surface area (Å²) in [4.78, 5) is 11.6. The average Bonchev–Trinajstić information content (AvgIpc) is 3.22. The Morgan fingerprint density at radius 3 is 2.81 bits per heavy atom. The summed E-state index contributed by atoms with van der Waals surface area (Å²) < 4.78 is 13.5. The van der Waals surface area contributed by atoms with Gasteiger partial charge in [0.05, 0.1) is 10.7 Å². The summed E-state index contributed by atoms with van der Waals surface area (Å²) in [5, 5.41) is 13.3. The van der Waals surface area contributed by atoms with Crippen molar-refractivity contribution in [3.05, 3.63) is 58.0 Å². The van der Waals surface area contributed by atoms with Crippen molar-refractivity contribution < 1.29 is 9.60 Å². The molecule has 0 radical (unpaired) electrons. The first-order valence-corrected chi connectivity index (χ1v) is 11.3. The maximum Gasteiger partial charge on any atom is 0.155 e. The molecule has 164 valence electrons. The first-order valence-electron chi connectivity index (χ1n) is 10.9. The van der Waals surface area contributed by atoms with Gasteiger partial charge in [-0.25, -0.2) is 14.4 Å². The molecule has 1 saturated carbocycles. The van der Waals surface area contributed by atoms with Crippen molar-refractivity contribution in [3.8, 4) is 0 Å². The molecule has 4 rings (SSSR count). The lowest BCUT2D eigenvalue weighted by atomic mass is 9.94. The van der Waals surface area contributed by atoms with E-state index >= 15 is 0 Å². The van der Waals surface area contributed by atoms with Gasteiger partial charge in [-0.05, 0) is 50.1 Å². The van der Waals surface area contributed by atoms with E-state index in [0.717, 1.165) is 35.4 Å². The molecule has 1 aliphatic carbocycles. The summed E-state index contributed by atoms with van der Waals surface area (Å²) in [7, 11) is 2.21. The fourth-order valence-electron chi connectivity index (χ4n) is 4.60. The van der Waals surface area contributed by atoms with E-state index in [1.54, 1.807) is 18.3 Å². The van der Waals surface area contributed by atoms with Gasteiger partial charge in [0.2, 0.25) is 0 Å². The van der Waals surface area contributed by atoms with Crippen LogP contribution >= 0.6 is 11.6 Å². The smallest absolute Gasteiger partial charge is 0.155 e. The molecule has 31 heavy (non-hydrogen) atoms. The molecule has 0 unspecified atom stereocenters. The van der Waals surface area contributed by atoms with Gasteiger partial charge in [-0.15, -0.1) is 0 Å². The third kappa shape index (κ3) is 5.13. The highest BCUT2D eigenvalue weighted by molar-refractivity contribution is 6.30. The number of benzene rings is 1. The second kappa shape index (κ2) is 9.88. The number of aliphatic imine (C=N–C) groups is 1. The number of nitrogens with zero attached hydrogens (tertiary/aromatic N) is 4. The number of hydrogen-bond acceptors (Lipinski definition) is 5. The lowest BCUT2D eigenvalue weighted by Gasteiger charge is -2.31. The Bertz CT molecular complexity index is 1000. The summed E-state index contributed by atoms with van der Waals surface area (Å²) >= 11 is 5.91. The van der Waals surface area contributed by atoms with Crippen LogP contribution in [-0.4, -0.2) is 46.1 Å². The van der Waals surface area contributed by atoms with Gasteiger partial charge in [-0.3, -0.25) is 0 Å². The lowest BCUT2D eigenvalue weighted by molar-refractivity contribution is 0.196. The maximum atomic E-state index is 13.5. The highest BCUT2D eigenvalue weighted by atomic mass is 35.5. The number of aromatic nitrogens is 1. The van der Waals surface area contributed by atoms with Crippen LogP contribution in [0.4, 0.5) is 10.2 Å². The lowest BCUT2D eigenvalue weighted by Crippen LogP contribution is -2.34. The Balaban J connectivity index is 1.43. The van der Waals surface area contributed by atoms with E-state index in [1.807, 2.05) is 6.07 Å². The van der Waals surface area contributed by atoms with Crippen LogP contribution in [0.2, 0.25) is 5.02 Å². The second-order valence-electron chi connectivity index (χ2n) is 8.51. The Kier molecular flexibility index (Phi) is 6.98. The zero-order valence-corrected chi connectivity index (χ0v) is 18.6. The van der Waals surface area contributed by atoms with Gasteiger partial charge < -0.3 is 10.1 Å². The van der Waals surface area contributed by atoms with Gasteiger partial charge in [-0.2, -0.15) is 0 Å². The van der Waals surface area contributed by atoms with Crippen molar-refractivity contribution in [2.24, 2.45) is 10.1 Å². The molecule has 0 atom stereocenters. The quantitative estimate of drug-likeness (QED) is 0.346. The van der Waals surface area contributed by atoms with Gasteiger partial charge in [0.15, 0.2) is 5.82 Å². The third-order valence-electron chi connectivity index (χ3n) is 6.42. The minimum Gasteiger partial charge on any atom is -0.411 e. The molecule has 7 heteroatoms. The van der Waals surface area contributed by atoms with Crippen LogP contribution in [0, 0.1) is 5.82 Å². The van der Waals surface area contributed by atoms with Crippen molar-refractivity contribution in [1.29, 1.82) is 0 Å². The van der Waals surface area contributed by atoms with Crippen molar-refractivity contribution in [2.75, 3.05) is 13.6 Å². The molecule has 1 N–H and O–H groups in total. The fourth-order valence-corrected chi connectivity index (χ4v) is 4.80. The summed E-state index contributed by atoms with van der Waals surface area (Å²) in [6.07, 6.45) is 10.2. The maximum absolute atomic E-state index is 13.5. The topological polar surface area (TPSA) is 61.1 Å². The van der Waals surface area contributed by atoms with Crippen LogP contribution < -0.4 is 0 Å². The third-order valence-corrected chi connectivity index (χ3v) is 6.71. The molecule has 0 bridgehead atoms. The molecule has 1 aromatic carbocycles. The highest BCUT2D eigenvalue weighted by Crippen LogP contribution is 2.30. The molecule has 0 spiro atoms. The SMILES string of the molecule is CN(CCC1=Nc2nccc(/C(Cc3ccc(F)c(Cl)c3)=N/O)c2C1)C1CCCCC1. The van der Waals surface area contributed by atoms with E-state index in [0.29, 0.717) is 30.4 Å². The van der Waals surface area contributed by atoms with E-state index in [1.165, 1.54) is 38.2 Å². The Hall–Kier alpha value is -2.31. The van der Waals surface area contributed by atoms with Crippen LogP contribution in [0.5, 0.6) is 0 Å². The van der Waals surface area contributed by atoms with Gasteiger partial charge in [0.25, 0.3) is 0 Å². The first-order chi connectivity index (χ1) is 15.0. The van der Waals surface area contributed by atoms with E-state index in [9.17, 15) is 9.60 Å². The molecule has 0 saturated heterocycles. The number of rotatable bonds is 7. The molecule has 1 fully saturated rings. The zero-order chi connectivity index (χ0) is 21.8. The summed E-state index contributed by atoms with van der Waals surface area (Å²) in [6.45, 7) is 0.988. The van der Waals surface area contributed by atoms with Crippen LogP contribution in [0.3, 0.4) is 0 Å². The minimum absolute atomic E-state index is 0.0578. The van der Waals surface area contributed by atoms with Gasteiger partial charge in [0, 0.05) is 48.5 Å². The monoisotopic (exact) mass is 442 g/mol. The molecule has 2 aromatic rings. The van der Waals surface area contributed by atoms with Crippen LogP contribution in [0.25, 0.3) is 0 Å². The number of pyridine rings is 1. The predicted octanol–water partition coefficient (Wildman–Crippen LogP) is 5.58. The second-order valence-corrected chi connectivity index (χ2v) is 8.92. The molecule has 0 amide bonds. The Morgan fingerprint density at radius 2 is 2.06 bits per heavy atom. The molecular formula is C24H28ClFN4O. The number of fused-ring (bicyclic) bond motifs is 1. The first kappa shape index (κ1) is 21.9. The minimum atomic E-state index is -0.464. The Morgan fingerprint density at radius 1 is 1.26 bits per heavy atom. The van der Waals surface area contributed by atoms with Crippen LogP contribution in [0.1, 0.15) is 55.2 Å².